The number of hydrogen-bond acceptors (Lipinski definition) is 6. The fraction of sp³-hybridized carbons (Fsp3) is 0.273. The molecule has 1 amide bonds. The van der Waals surface area contributed by atoms with Crippen molar-refractivity contribution in [2.24, 2.45) is 0 Å². The van der Waals surface area contributed by atoms with Gasteiger partial charge in [-0.3, -0.25) is 4.79 Å². The lowest BCUT2D eigenvalue weighted by Crippen LogP contribution is -2.27. The maximum absolute atomic E-state index is 14.3. The SMILES string of the molecule is Cc1ncc2c(-c3nc(C)c4c(n3)NC(=O)C4(C)C)nn(Cc3ccccc3F)c2n1. The lowest BCUT2D eigenvalue weighted by atomic mass is 9.86. The van der Waals surface area contributed by atoms with E-state index < -0.39 is 5.41 Å². The Morgan fingerprint density at radius 3 is 2.68 bits per heavy atom. The van der Waals surface area contributed by atoms with E-state index >= 15 is 0 Å². The molecule has 3 aromatic heterocycles. The summed E-state index contributed by atoms with van der Waals surface area (Å²) in [6.07, 6.45) is 1.67. The number of nitrogens with zero attached hydrogens (tertiary/aromatic N) is 6. The van der Waals surface area contributed by atoms with Crippen molar-refractivity contribution in [2.75, 3.05) is 5.32 Å². The number of benzene rings is 1. The third-order valence-electron chi connectivity index (χ3n) is 5.61. The van der Waals surface area contributed by atoms with Crippen LogP contribution in [0.2, 0.25) is 0 Å². The molecule has 5 rings (SSSR count). The number of aryl methyl sites for hydroxylation is 2. The van der Waals surface area contributed by atoms with E-state index in [4.69, 9.17) is 0 Å². The van der Waals surface area contributed by atoms with E-state index in [0.29, 0.717) is 45.5 Å². The molecule has 0 aliphatic carbocycles. The highest BCUT2D eigenvalue weighted by Gasteiger charge is 2.41. The van der Waals surface area contributed by atoms with Crippen molar-refractivity contribution < 1.29 is 9.18 Å². The first-order valence-electron chi connectivity index (χ1n) is 9.90. The Bertz CT molecular complexity index is 1380. The van der Waals surface area contributed by atoms with Crippen LogP contribution in [0.3, 0.4) is 0 Å². The van der Waals surface area contributed by atoms with Gasteiger partial charge in [-0.2, -0.15) is 5.10 Å². The fourth-order valence-electron chi connectivity index (χ4n) is 4.00. The molecule has 4 heterocycles. The number of amides is 1. The Morgan fingerprint density at radius 1 is 1.13 bits per heavy atom. The molecular weight excluding hydrogens is 397 g/mol. The maximum Gasteiger partial charge on any atom is 0.235 e. The van der Waals surface area contributed by atoms with Gasteiger partial charge >= 0.3 is 0 Å². The van der Waals surface area contributed by atoms with Gasteiger partial charge in [0.05, 0.1) is 17.3 Å². The molecule has 156 valence electrons. The van der Waals surface area contributed by atoms with Gasteiger partial charge in [0.15, 0.2) is 11.5 Å². The van der Waals surface area contributed by atoms with Crippen molar-refractivity contribution in [3.8, 4) is 11.5 Å². The highest BCUT2D eigenvalue weighted by atomic mass is 19.1. The van der Waals surface area contributed by atoms with E-state index in [1.165, 1.54) is 6.07 Å². The molecule has 8 nitrogen and oxygen atoms in total. The first-order chi connectivity index (χ1) is 14.8. The predicted molar refractivity (Wildman–Crippen MR) is 113 cm³/mol. The number of rotatable bonds is 3. The van der Waals surface area contributed by atoms with Gasteiger partial charge in [0.2, 0.25) is 5.91 Å². The number of aromatic nitrogens is 6. The highest BCUT2D eigenvalue weighted by molar-refractivity contribution is 6.05. The number of fused-ring (bicyclic) bond motifs is 2. The number of anilines is 1. The molecule has 9 heteroatoms. The van der Waals surface area contributed by atoms with Crippen molar-refractivity contribution in [1.82, 2.24) is 29.7 Å². The molecule has 31 heavy (non-hydrogen) atoms. The van der Waals surface area contributed by atoms with E-state index in [-0.39, 0.29) is 18.3 Å². The van der Waals surface area contributed by atoms with Crippen LogP contribution in [-0.2, 0) is 16.8 Å². The van der Waals surface area contributed by atoms with Crippen LogP contribution < -0.4 is 5.32 Å². The van der Waals surface area contributed by atoms with E-state index in [0.717, 1.165) is 5.56 Å². The van der Waals surface area contributed by atoms with Gasteiger partial charge < -0.3 is 5.32 Å². The largest absolute Gasteiger partial charge is 0.310 e. The Morgan fingerprint density at radius 2 is 1.90 bits per heavy atom. The minimum Gasteiger partial charge on any atom is -0.310 e. The fourth-order valence-corrected chi connectivity index (χ4v) is 4.00. The summed E-state index contributed by atoms with van der Waals surface area (Å²) in [5.41, 5.74) is 2.32. The van der Waals surface area contributed by atoms with Crippen molar-refractivity contribution in [2.45, 2.75) is 39.7 Å². The first kappa shape index (κ1) is 19.2. The zero-order valence-corrected chi connectivity index (χ0v) is 17.6. The normalized spacial score (nSPS) is 14.7. The molecule has 0 spiro atoms. The molecule has 0 fully saturated rings. The maximum atomic E-state index is 14.3. The number of nitrogens with one attached hydrogen (secondary N) is 1. The van der Waals surface area contributed by atoms with Gasteiger partial charge in [0.1, 0.15) is 23.2 Å². The topological polar surface area (TPSA) is 98.5 Å². The zero-order chi connectivity index (χ0) is 21.9. The summed E-state index contributed by atoms with van der Waals surface area (Å²) < 4.78 is 15.9. The van der Waals surface area contributed by atoms with Crippen LogP contribution in [0.25, 0.3) is 22.6 Å². The number of carbonyl (C=O) groups excluding carboxylic acids is 1. The molecule has 1 N–H and O–H groups in total. The highest BCUT2D eigenvalue weighted by Crippen LogP contribution is 2.39. The second-order valence-corrected chi connectivity index (χ2v) is 8.19. The van der Waals surface area contributed by atoms with E-state index in [1.807, 2.05) is 20.8 Å². The van der Waals surface area contributed by atoms with Crippen LogP contribution in [-0.4, -0.2) is 35.6 Å². The molecule has 0 saturated carbocycles. The average molecular weight is 417 g/mol. The van der Waals surface area contributed by atoms with Crippen molar-refractivity contribution in [1.29, 1.82) is 0 Å². The molecule has 0 radical (unpaired) electrons. The minimum atomic E-state index is -0.704. The average Bonchev–Trinajstić information content (AvgIpc) is 3.17. The molecule has 1 aliphatic heterocycles. The van der Waals surface area contributed by atoms with E-state index in [2.05, 4.69) is 30.4 Å². The lowest BCUT2D eigenvalue weighted by molar-refractivity contribution is -0.119. The van der Waals surface area contributed by atoms with Crippen LogP contribution in [0.4, 0.5) is 10.2 Å². The van der Waals surface area contributed by atoms with E-state index in [1.54, 1.807) is 36.0 Å². The van der Waals surface area contributed by atoms with Crippen molar-refractivity contribution in [3.63, 3.8) is 0 Å². The second kappa shape index (κ2) is 6.63. The summed E-state index contributed by atoms with van der Waals surface area (Å²) in [4.78, 5) is 30.4. The molecule has 0 bridgehead atoms. The summed E-state index contributed by atoms with van der Waals surface area (Å²) in [5.74, 6) is 0.995. The third-order valence-corrected chi connectivity index (χ3v) is 5.61. The number of hydrogen-bond donors (Lipinski definition) is 1. The van der Waals surface area contributed by atoms with Crippen LogP contribution in [0.5, 0.6) is 0 Å². The molecule has 0 unspecified atom stereocenters. The summed E-state index contributed by atoms with van der Waals surface area (Å²) in [6.45, 7) is 7.53. The summed E-state index contributed by atoms with van der Waals surface area (Å²) in [5, 5.41) is 8.17. The van der Waals surface area contributed by atoms with E-state index in [9.17, 15) is 9.18 Å². The van der Waals surface area contributed by atoms with Crippen LogP contribution in [0.1, 0.15) is 36.5 Å². The van der Waals surface area contributed by atoms with Crippen LogP contribution in [0.15, 0.2) is 30.5 Å². The first-order valence-corrected chi connectivity index (χ1v) is 9.90. The molecule has 0 atom stereocenters. The van der Waals surface area contributed by atoms with Crippen LogP contribution in [0, 0.1) is 19.7 Å². The van der Waals surface area contributed by atoms with Gasteiger partial charge in [0, 0.05) is 23.0 Å². The Kier molecular flexibility index (Phi) is 4.11. The van der Waals surface area contributed by atoms with Crippen LogP contribution >= 0.6 is 0 Å². The summed E-state index contributed by atoms with van der Waals surface area (Å²) >= 11 is 0. The smallest absolute Gasteiger partial charge is 0.235 e. The molecule has 4 aromatic rings. The van der Waals surface area contributed by atoms with Gasteiger partial charge in [-0.1, -0.05) is 18.2 Å². The molecular formula is C22H20FN7O. The summed E-state index contributed by atoms with van der Waals surface area (Å²) in [7, 11) is 0. The Balaban J connectivity index is 1.69. The quantitative estimate of drug-likeness (QED) is 0.549. The zero-order valence-electron chi connectivity index (χ0n) is 17.6. The molecule has 1 aromatic carbocycles. The Hall–Kier alpha value is -3.75. The number of carbonyl (C=O) groups is 1. The standard InChI is InChI=1S/C22H20FN7O/c1-11-16-18(28-21(31)22(16,3)4)27-19(25-11)17-14-9-24-12(2)26-20(14)30(29-17)10-13-7-5-6-8-15(13)23/h5-9H,10H2,1-4H3,(H,25,27,28,31). The predicted octanol–water partition coefficient (Wildman–Crippen LogP) is 3.32. The van der Waals surface area contributed by atoms with Crippen molar-refractivity contribution >= 4 is 22.8 Å². The van der Waals surface area contributed by atoms with Gasteiger partial charge in [-0.05, 0) is 33.8 Å². The van der Waals surface area contributed by atoms with Gasteiger partial charge in [-0.15, -0.1) is 0 Å². The van der Waals surface area contributed by atoms with Gasteiger partial charge in [-0.25, -0.2) is 29.0 Å². The molecule has 0 saturated heterocycles. The lowest BCUT2D eigenvalue weighted by Gasteiger charge is -2.16. The van der Waals surface area contributed by atoms with Gasteiger partial charge in [0.25, 0.3) is 0 Å². The third kappa shape index (κ3) is 2.96. The molecule has 1 aliphatic rings. The minimum absolute atomic E-state index is 0.119. The number of halogens is 1. The summed E-state index contributed by atoms with van der Waals surface area (Å²) in [6, 6.07) is 6.56. The Labute approximate surface area is 177 Å². The second-order valence-electron chi connectivity index (χ2n) is 8.19. The van der Waals surface area contributed by atoms with Crippen molar-refractivity contribution in [3.05, 3.63) is 58.9 Å². The monoisotopic (exact) mass is 417 g/mol.